The number of ether oxygens (including phenoxy) is 3. The predicted molar refractivity (Wildman–Crippen MR) is 106 cm³/mol. The fraction of sp³-hybridized carbons (Fsp3) is 0.500. The minimum Gasteiger partial charge on any atom is -0.465 e. The van der Waals surface area contributed by atoms with E-state index in [0.29, 0.717) is 12.8 Å². The third-order valence-electron chi connectivity index (χ3n) is 3.54. The molecule has 0 bridgehead atoms. The van der Waals surface area contributed by atoms with Crippen LogP contribution in [0.1, 0.15) is 46.5 Å². The lowest BCUT2D eigenvalue weighted by atomic mass is 9.81. The molecular weight excluding hydrogens is 360 g/mol. The van der Waals surface area contributed by atoms with Gasteiger partial charge in [0.1, 0.15) is 0 Å². The molecule has 0 saturated heterocycles. The molecule has 6 heteroatoms. The van der Waals surface area contributed by atoms with Crippen molar-refractivity contribution in [2.75, 3.05) is 13.2 Å². The van der Waals surface area contributed by atoms with E-state index in [1.807, 2.05) is 0 Å². The number of esters is 3. The summed E-state index contributed by atoms with van der Waals surface area (Å²) in [5.41, 5.74) is -1.58. The summed E-state index contributed by atoms with van der Waals surface area (Å²) in [6, 6.07) is 0. The highest BCUT2D eigenvalue weighted by Crippen LogP contribution is 2.31. The second-order valence-corrected chi connectivity index (χ2v) is 5.73. The van der Waals surface area contributed by atoms with Gasteiger partial charge in [-0.2, -0.15) is 0 Å². The SMILES string of the molecule is C=CCCC(C#CC#CCC(CC=C)(C(=O)OCC)C(=O)OCC)OC(C)=O. The molecule has 0 heterocycles. The summed E-state index contributed by atoms with van der Waals surface area (Å²) < 4.78 is 15.2. The van der Waals surface area contributed by atoms with Crippen molar-refractivity contribution >= 4 is 17.9 Å². The molecule has 1 atom stereocenters. The Bertz CT molecular complexity index is 665. The minimum atomic E-state index is -1.58. The van der Waals surface area contributed by atoms with Crippen molar-refractivity contribution in [2.45, 2.75) is 52.6 Å². The Kier molecular flexibility index (Phi) is 12.6. The molecule has 6 nitrogen and oxygen atoms in total. The highest BCUT2D eigenvalue weighted by molar-refractivity contribution is 6.00. The van der Waals surface area contributed by atoms with Crippen LogP contribution in [0, 0.1) is 29.1 Å². The summed E-state index contributed by atoms with van der Waals surface area (Å²) in [6.45, 7) is 12.1. The molecule has 0 fully saturated rings. The van der Waals surface area contributed by atoms with Crippen molar-refractivity contribution in [1.29, 1.82) is 0 Å². The van der Waals surface area contributed by atoms with E-state index in [0.717, 1.165) is 0 Å². The van der Waals surface area contributed by atoms with Gasteiger partial charge in [0, 0.05) is 13.3 Å². The van der Waals surface area contributed by atoms with E-state index < -0.39 is 29.4 Å². The Balaban J connectivity index is 5.50. The van der Waals surface area contributed by atoms with Crippen LogP contribution >= 0.6 is 0 Å². The Hall–Kier alpha value is -2.99. The summed E-state index contributed by atoms with van der Waals surface area (Å²) in [7, 11) is 0. The first-order valence-corrected chi connectivity index (χ1v) is 9.09. The van der Waals surface area contributed by atoms with Crippen molar-refractivity contribution in [2.24, 2.45) is 5.41 Å². The van der Waals surface area contributed by atoms with Gasteiger partial charge >= 0.3 is 17.9 Å². The van der Waals surface area contributed by atoms with Gasteiger partial charge in [-0.15, -0.1) is 13.2 Å². The van der Waals surface area contributed by atoms with Crippen LogP contribution in [-0.2, 0) is 28.6 Å². The zero-order valence-electron chi connectivity index (χ0n) is 16.8. The van der Waals surface area contributed by atoms with Gasteiger partial charge in [0.25, 0.3) is 0 Å². The molecule has 0 N–H and O–H groups in total. The summed E-state index contributed by atoms with van der Waals surface area (Å²) in [4.78, 5) is 36.0. The Morgan fingerprint density at radius 3 is 2.11 bits per heavy atom. The maximum absolute atomic E-state index is 12.4. The first-order valence-electron chi connectivity index (χ1n) is 9.09. The lowest BCUT2D eigenvalue weighted by Crippen LogP contribution is -2.41. The molecule has 0 aromatic rings. The van der Waals surface area contributed by atoms with Crippen LogP contribution in [-0.4, -0.2) is 37.2 Å². The highest BCUT2D eigenvalue weighted by atomic mass is 16.6. The van der Waals surface area contributed by atoms with Crippen molar-refractivity contribution in [1.82, 2.24) is 0 Å². The Morgan fingerprint density at radius 2 is 1.64 bits per heavy atom. The number of allylic oxidation sites excluding steroid dienone is 2. The second-order valence-electron chi connectivity index (χ2n) is 5.73. The molecule has 0 spiro atoms. The fourth-order valence-electron chi connectivity index (χ4n) is 2.24. The second kappa shape index (κ2) is 14.1. The summed E-state index contributed by atoms with van der Waals surface area (Å²) in [5, 5.41) is 0. The van der Waals surface area contributed by atoms with E-state index in [2.05, 4.69) is 36.8 Å². The van der Waals surface area contributed by atoms with E-state index in [9.17, 15) is 14.4 Å². The number of carbonyl (C=O) groups excluding carboxylic acids is 3. The molecule has 0 aliphatic rings. The van der Waals surface area contributed by atoms with Gasteiger partial charge < -0.3 is 14.2 Å². The van der Waals surface area contributed by atoms with Crippen LogP contribution in [0.3, 0.4) is 0 Å². The van der Waals surface area contributed by atoms with Crippen LogP contribution < -0.4 is 0 Å². The zero-order chi connectivity index (χ0) is 21.4. The van der Waals surface area contributed by atoms with E-state index in [1.54, 1.807) is 19.9 Å². The predicted octanol–water partition coefficient (Wildman–Crippen LogP) is 2.97. The van der Waals surface area contributed by atoms with Crippen LogP contribution in [0.15, 0.2) is 25.3 Å². The lowest BCUT2D eigenvalue weighted by Gasteiger charge is -2.26. The maximum atomic E-state index is 12.4. The van der Waals surface area contributed by atoms with Gasteiger partial charge in [-0.05, 0) is 50.9 Å². The van der Waals surface area contributed by atoms with Crippen LogP contribution in [0.2, 0.25) is 0 Å². The standard InChI is InChI=1S/C22H28O6/c1-6-10-14-19(28-18(5)23)15-12-11-13-17-22(16-7-2,20(24)26-8-3)21(25)27-9-4/h6-7,19H,1-2,8-10,14,16-17H2,3-5H3. The van der Waals surface area contributed by atoms with Crippen molar-refractivity contribution in [3.8, 4) is 23.7 Å². The summed E-state index contributed by atoms with van der Waals surface area (Å²) in [5.74, 6) is 8.81. The normalized spacial score (nSPS) is 10.8. The van der Waals surface area contributed by atoms with Gasteiger partial charge in [-0.1, -0.05) is 18.1 Å². The zero-order valence-corrected chi connectivity index (χ0v) is 16.8. The summed E-state index contributed by atoms with van der Waals surface area (Å²) >= 11 is 0. The van der Waals surface area contributed by atoms with E-state index in [-0.39, 0.29) is 26.1 Å². The molecule has 152 valence electrons. The molecule has 0 aliphatic carbocycles. The number of hydrogen-bond donors (Lipinski definition) is 0. The Morgan fingerprint density at radius 1 is 1.04 bits per heavy atom. The largest absolute Gasteiger partial charge is 0.465 e. The number of carbonyl (C=O) groups is 3. The van der Waals surface area contributed by atoms with Gasteiger partial charge in [-0.25, -0.2) is 0 Å². The van der Waals surface area contributed by atoms with Gasteiger partial charge in [0.15, 0.2) is 11.5 Å². The van der Waals surface area contributed by atoms with E-state index in [4.69, 9.17) is 14.2 Å². The smallest absolute Gasteiger partial charge is 0.324 e. The molecule has 0 amide bonds. The molecule has 28 heavy (non-hydrogen) atoms. The third kappa shape index (κ3) is 8.60. The molecule has 0 aliphatic heterocycles. The quantitative estimate of drug-likeness (QED) is 0.178. The molecule has 1 unspecified atom stereocenters. The average molecular weight is 388 g/mol. The van der Waals surface area contributed by atoms with Gasteiger partial charge in [0.05, 0.1) is 13.2 Å². The molecule has 0 radical (unpaired) electrons. The van der Waals surface area contributed by atoms with Crippen molar-refractivity contribution in [3.63, 3.8) is 0 Å². The van der Waals surface area contributed by atoms with Crippen molar-refractivity contribution < 1.29 is 28.6 Å². The van der Waals surface area contributed by atoms with Crippen LogP contribution in [0.4, 0.5) is 0 Å². The lowest BCUT2D eigenvalue weighted by molar-refractivity contribution is -0.171. The molecule has 0 aromatic carbocycles. The minimum absolute atomic E-state index is 0.0299. The molecular formula is C22H28O6. The highest BCUT2D eigenvalue weighted by Gasteiger charge is 2.47. The molecule has 0 aromatic heterocycles. The first kappa shape index (κ1) is 25.0. The number of rotatable bonds is 11. The van der Waals surface area contributed by atoms with Crippen molar-refractivity contribution in [3.05, 3.63) is 25.3 Å². The monoisotopic (exact) mass is 388 g/mol. The average Bonchev–Trinajstić information content (AvgIpc) is 2.64. The Labute approximate surface area is 167 Å². The van der Waals surface area contributed by atoms with Crippen LogP contribution in [0.25, 0.3) is 0 Å². The van der Waals surface area contributed by atoms with Gasteiger partial charge in [-0.3, -0.25) is 14.4 Å². The molecule has 0 rings (SSSR count). The summed E-state index contributed by atoms with van der Waals surface area (Å²) in [6.07, 6.45) is 3.59. The van der Waals surface area contributed by atoms with E-state index >= 15 is 0 Å². The fourth-order valence-corrected chi connectivity index (χ4v) is 2.24. The first-order chi connectivity index (χ1) is 13.4. The van der Waals surface area contributed by atoms with E-state index in [1.165, 1.54) is 13.0 Å². The van der Waals surface area contributed by atoms with Gasteiger partial charge in [0.2, 0.25) is 0 Å². The molecule has 0 saturated carbocycles. The van der Waals surface area contributed by atoms with Crippen LogP contribution in [0.5, 0.6) is 0 Å². The number of hydrogen-bond acceptors (Lipinski definition) is 6. The topological polar surface area (TPSA) is 78.9 Å². The maximum Gasteiger partial charge on any atom is 0.324 e. The third-order valence-corrected chi connectivity index (χ3v) is 3.54.